The van der Waals surface area contributed by atoms with Crippen LogP contribution in [0.3, 0.4) is 0 Å². The molecule has 0 fully saturated rings. The van der Waals surface area contributed by atoms with Gasteiger partial charge in [0, 0.05) is 18.7 Å². The van der Waals surface area contributed by atoms with Crippen LogP contribution in [-0.2, 0) is 21.3 Å². The summed E-state index contributed by atoms with van der Waals surface area (Å²) in [6.07, 6.45) is 1.70. The van der Waals surface area contributed by atoms with Gasteiger partial charge in [-0.2, -0.15) is 0 Å². The van der Waals surface area contributed by atoms with Crippen LogP contribution in [0.5, 0.6) is 0 Å². The largest absolute Gasteiger partial charge is 0.350 e. The van der Waals surface area contributed by atoms with Gasteiger partial charge >= 0.3 is 0 Å². The summed E-state index contributed by atoms with van der Waals surface area (Å²) in [6, 6.07) is 15.9. The number of sulfonamides is 1. The summed E-state index contributed by atoms with van der Waals surface area (Å²) < 4.78 is 25.1. The Bertz CT molecular complexity index is 820. The molecular formula is C19H24N2O4S. The summed E-state index contributed by atoms with van der Waals surface area (Å²) in [5.74, 6) is -0.227. The second kappa shape index (κ2) is 8.93. The summed E-state index contributed by atoms with van der Waals surface area (Å²) >= 11 is 0. The summed E-state index contributed by atoms with van der Waals surface area (Å²) in [5, 5.41) is 2.94. The average molecular weight is 376 g/mol. The van der Waals surface area contributed by atoms with Crippen molar-refractivity contribution in [1.82, 2.24) is 9.79 Å². The first-order valence-electron chi connectivity index (χ1n) is 8.32. The van der Waals surface area contributed by atoms with Crippen LogP contribution >= 0.6 is 0 Å². The van der Waals surface area contributed by atoms with Gasteiger partial charge in [0.25, 0.3) is 15.9 Å². The van der Waals surface area contributed by atoms with Gasteiger partial charge in [0.15, 0.2) is 0 Å². The zero-order chi connectivity index (χ0) is 19.2. The van der Waals surface area contributed by atoms with Gasteiger partial charge in [-0.05, 0) is 49.6 Å². The summed E-state index contributed by atoms with van der Waals surface area (Å²) in [7, 11) is -1.13. The van der Waals surface area contributed by atoms with E-state index in [1.165, 1.54) is 44.0 Å². The fraction of sp³-hybridized carbons (Fsp3) is 0.316. The Morgan fingerprint density at radius 1 is 1.12 bits per heavy atom. The van der Waals surface area contributed by atoms with Crippen molar-refractivity contribution in [3.05, 3.63) is 65.7 Å². The molecule has 26 heavy (non-hydrogen) atoms. The fourth-order valence-corrected chi connectivity index (χ4v) is 3.41. The van der Waals surface area contributed by atoms with Crippen LogP contribution in [0.1, 0.15) is 29.3 Å². The highest BCUT2D eigenvalue weighted by molar-refractivity contribution is 7.89. The molecule has 0 aliphatic rings. The second-order valence-corrected chi connectivity index (χ2v) is 7.96. The third kappa shape index (κ3) is 5.14. The lowest BCUT2D eigenvalue weighted by Gasteiger charge is -2.15. The molecule has 2 rings (SSSR count). The quantitative estimate of drug-likeness (QED) is 0.719. The average Bonchev–Trinajstić information content (AvgIpc) is 2.66. The van der Waals surface area contributed by atoms with E-state index in [1.807, 2.05) is 25.1 Å². The molecule has 7 heteroatoms. The Kier molecular flexibility index (Phi) is 6.90. The second-order valence-electron chi connectivity index (χ2n) is 6.02. The Hall–Kier alpha value is -2.22. The molecule has 0 bridgehead atoms. The maximum absolute atomic E-state index is 12.3. The lowest BCUT2D eigenvalue weighted by molar-refractivity contribution is -0.0258. The van der Waals surface area contributed by atoms with Gasteiger partial charge in [-0.25, -0.2) is 8.42 Å². The lowest BCUT2D eigenvalue weighted by Crippen LogP contribution is -2.33. The van der Waals surface area contributed by atoms with Gasteiger partial charge in [0.2, 0.25) is 0 Å². The highest BCUT2D eigenvalue weighted by Gasteiger charge is 2.21. The topological polar surface area (TPSA) is 75.7 Å². The molecule has 0 aromatic heterocycles. The van der Waals surface area contributed by atoms with Crippen molar-refractivity contribution < 1.29 is 18.0 Å². The van der Waals surface area contributed by atoms with E-state index in [-0.39, 0.29) is 16.8 Å². The Balaban J connectivity index is 1.95. The van der Waals surface area contributed by atoms with Crippen LogP contribution in [0, 0.1) is 0 Å². The van der Waals surface area contributed by atoms with E-state index in [9.17, 15) is 13.2 Å². The Labute approximate surface area is 154 Å². The third-order valence-corrected chi connectivity index (χ3v) is 5.79. The Morgan fingerprint density at radius 2 is 1.73 bits per heavy atom. The number of benzene rings is 2. The predicted octanol–water partition coefficient (Wildman–Crippen LogP) is 2.62. The van der Waals surface area contributed by atoms with E-state index in [0.717, 1.165) is 17.3 Å². The number of nitrogens with zero attached hydrogens (tertiary/aromatic N) is 1. The van der Waals surface area contributed by atoms with E-state index in [0.29, 0.717) is 5.56 Å². The number of amides is 1. The maximum Gasteiger partial charge on any atom is 0.264 e. The zero-order valence-electron chi connectivity index (χ0n) is 15.2. The van der Waals surface area contributed by atoms with Crippen molar-refractivity contribution in [2.75, 3.05) is 14.2 Å². The third-order valence-electron chi connectivity index (χ3n) is 4.10. The van der Waals surface area contributed by atoms with Crippen molar-refractivity contribution in [2.45, 2.75) is 30.7 Å². The number of hydrogen-bond acceptors (Lipinski definition) is 4. The van der Waals surface area contributed by atoms with Gasteiger partial charge < -0.3 is 5.32 Å². The summed E-state index contributed by atoms with van der Waals surface area (Å²) in [5.41, 5.74) is 1.64. The minimum Gasteiger partial charge on any atom is -0.350 e. The van der Waals surface area contributed by atoms with Gasteiger partial charge in [0.1, 0.15) is 0 Å². The van der Waals surface area contributed by atoms with Gasteiger partial charge in [0.05, 0.1) is 12.0 Å². The minimum atomic E-state index is -3.71. The number of aryl methyl sites for hydroxylation is 1. The van der Waals surface area contributed by atoms with Crippen molar-refractivity contribution in [2.24, 2.45) is 0 Å². The van der Waals surface area contributed by atoms with E-state index >= 15 is 0 Å². The molecule has 1 atom stereocenters. The summed E-state index contributed by atoms with van der Waals surface area (Å²) in [4.78, 5) is 17.1. The lowest BCUT2D eigenvalue weighted by atomic mass is 10.1. The molecule has 0 spiro atoms. The Morgan fingerprint density at radius 3 is 2.31 bits per heavy atom. The maximum atomic E-state index is 12.3. The molecule has 0 aliphatic carbocycles. The van der Waals surface area contributed by atoms with Crippen molar-refractivity contribution in [3.8, 4) is 0 Å². The smallest absolute Gasteiger partial charge is 0.264 e. The molecule has 140 valence electrons. The fourth-order valence-electron chi connectivity index (χ4n) is 2.43. The molecule has 0 aliphatic heterocycles. The summed E-state index contributed by atoms with van der Waals surface area (Å²) in [6.45, 7) is 1.95. The van der Waals surface area contributed by atoms with Crippen LogP contribution in [0.15, 0.2) is 59.5 Å². The molecular weight excluding hydrogens is 352 g/mol. The normalized spacial score (nSPS) is 12.8. The molecule has 2 aromatic carbocycles. The van der Waals surface area contributed by atoms with Gasteiger partial charge in [-0.15, -0.1) is 0 Å². The van der Waals surface area contributed by atoms with Gasteiger partial charge in [-0.1, -0.05) is 34.8 Å². The SMILES string of the molecule is CON(C)S(=O)(=O)c1ccc(C(=O)NC(C)CCc2ccccc2)cc1. The molecule has 1 N–H and O–H groups in total. The molecule has 1 amide bonds. The van der Waals surface area contributed by atoms with Crippen LogP contribution in [0.25, 0.3) is 0 Å². The number of nitrogens with one attached hydrogen (secondary N) is 1. The number of rotatable bonds is 8. The number of hydroxylamine groups is 1. The zero-order valence-corrected chi connectivity index (χ0v) is 16.0. The van der Waals surface area contributed by atoms with E-state index in [1.54, 1.807) is 0 Å². The molecule has 1 unspecified atom stereocenters. The molecule has 0 saturated carbocycles. The predicted molar refractivity (Wildman–Crippen MR) is 100 cm³/mol. The molecule has 6 nitrogen and oxygen atoms in total. The standard InChI is InChI=1S/C19H24N2O4S/c1-15(9-10-16-7-5-4-6-8-16)20-19(22)17-11-13-18(14-12-17)26(23,24)21(2)25-3/h4-8,11-15H,9-10H2,1-3H3,(H,20,22). The van der Waals surface area contributed by atoms with E-state index in [4.69, 9.17) is 4.84 Å². The van der Waals surface area contributed by atoms with Crippen molar-refractivity contribution in [1.29, 1.82) is 0 Å². The van der Waals surface area contributed by atoms with Crippen molar-refractivity contribution >= 4 is 15.9 Å². The number of carbonyl (C=O) groups excluding carboxylic acids is 1. The van der Waals surface area contributed by atoms with E-state index in [2.05, 4.69) is 17.4 Å². The first kappa shape index (κ1) is 20.1. The molecule has 0 saturated heterocycles. The van der Waals surface area contributed by atoms with Crippen LogP contribution in [0.4, 0.5) is 0 Å². The molecule has 0 radical (unpaired) electrons. The molecule has 2 aromatic rings. The van der Waals surface area contributed by atoms with Gasteiger partial charge in [-0.3, -0.25) is 9.63 Å². The number of hydrogen-bond donors (Lipinski definition) is 1. The van der Waals surface area contributed by atoms with Crippen LogP contribution in [0.2, 0.25) is 0 Å². The van der Waals surface area contributed by atoms with Crippen molar-refractivity contribution in [3.63, 3.8) is 0 Å². The number of carbonyl (C=O) groups is 1. The van der Waals surface area contributed by atoms with Crippen LogP contribution < -0.4 is 5.32 Å². The monoisotopic (exact) mass is 376 g/mol. The first-order chi connectivity index (χ1) is 12.3. The first-order valence-corrected chi connectivity index (χ1v) is 9.76. The minimum absolute atomic E-state index is 0.00531. The highest BCUT2D eigenvalue weighted by Crippen LogP contribution is 2.15. The molecule has 0 heterocycles. The van der Waals surface area contributed by atoms with E-state index < -0.39 is 10.0 Å². The highest BCUT2D eigenvalue weighted by atomic mass is 32.2. The van der Waals surface area contributed by atoms with Crippen LogP contribution in [-0.4, -0.2) is 39.0 Å².